The van der Waals surface area contributed by atoms with E-state index < -0.39 is 10.0 Å². The molecule has 1 aromatic carbocycles. The number of benzene rings is 1. The molecular formula is C13H16FN3O2S. The Bertz CT molecular complexity index is 733. The standard InChI is InChI=1S/C13H16FN3O2S/c1-20(18,19)17-6-4-16(5-7-17)13-9-10(14)8-12-11(13)2-3-15-12/h2-3,8-9,15H,4-7H2,1H3. The van der Waals surface area contributed by atoms with Crippen LogP contribution in [0.5, 0.6) is 0 Å². The zero-order chi connectivity index (χ0) is 14.3. The molecule has 2 aromatic rings. The minimum absolute atomic E-state index is 0.291. The molecular weight excluding hydrogens is 281 g/mol. The fourth-order valence-electron chi connectivity index (χ4n) is 2.64. The average molecular weight is 297 g/mol. The number of rotatable bonds is 2. The van der Waals surface area contributed by atoms with Crippen molar-refractivity contribution in [2.45, 2.75) is 0 Å². The fraction of sp³-hybridized carbons (Fsp3) is 0.385. The van der Waals surface area contributed by atoms with Crippen molar-refractivity contribution in [3.8, 4) is 0 Å². The van der Waals surface area contributed by atoms with Gasteiger partial charge in [0.25, 0.3) is 0 Å². The van der Waals surface area contributed by atoms with E-state index in [0.29, 0.717) is 26.2 Å². The van der Waals surface area contributed by atoms with E-state index in [1.54, 1.807) is 6.20 Å². The maximum absolute atomic E-state index is 13.6. The van der Waals surface area contributed by atoms with E-state index in [-0.39, 0.29) is 5.82 Å². The van der Waals surface area contributed by atoms with Crippen LogP contribution in [0.25, 0.3) is 10.9 Å². The molecule has 2 heterocycles. The molecule has 7 heteroatoms. The molecule has 0 aliphatic carbocycles. The third kappa shape index (κ3) is 2.38. The van der Waals surface area contributed by atoms with Crippen molar-refractivity contribution in [2.24, 2.45) is 0 Å². The Labute approximate surface area is 117 Å². The fourth-order valence-corrected chi connectivity index (χ4v) is 3.46. The van der Waals surface area contributed by atoms with E-state index in [1.165, 1.54) is 22.7 Å². The second-order valence-electron chi connectivity index (χ2n) is 5.01. The van der Waals surface area contributed by atoms with Crippen LogP contribution in [-0.4, -0.2) is 50.1 Å². The highest BCUT2D eigenvalue weighted by Crippen LogP contribution is 2.28. The second-order valence-corrected chi connectivity index (χ2v) is 7.00. The van der Waals surface area contributed by atoms with Crippen LogP contribution < -0.4 is 4.90 Å². The summed E-state index contributed by atoms with van der Waals surface area (Å²) in [5.41, 5.74) is 1.57. The molecule has 1 aliphatic heterocycles. The Morgan fingerprint density at radius 2 is 1.90 bits per heavy atom. The van der Waals surface area contributed by atoms with Crippen LogP contribution >= 0.6 is 0 Å². The summed E-state index contributed by atoms with van der Waals surface area (Å²) in [4.78, 5) is 5.03. The molecule has 1 N–H and O–H groups in total. The van der Waals surface area contributed by atoms with E-state index >= 15 is 0 Å². The van der Waals surface area contributed by atoms with Gasteiger partial charge in [0.2, 0.25) is 10.0 Å². The van der Waals surface area contributed by atoms with Crippen molar-refractivity contribution in [1.29, 1.82) is 0 Å². The number of halogens is 1. The average Bonchev–Trinajstić information content (AvgIpc) is 2.85. The van der Waals surface area contributed by atoms with Gasteiger partial charge in [0.15, 0.2) is 0 Å². The Morgan fingerprint density at radius 3 is 2.55 bits per heavy atom. The summed E-state index contributed by atoms with van der Waals surface area (Å²) in [6.45, 7) is 2.00. The van der Waals surface area contributed by atoms with Crippen molar-refractivity contribution >= 4 is 26.6 Å². The predicted octanol–water partition coefficient (Wildman–Crippen LogP) is 1.39. The van der Waals surface area contributed by atoms with Crippen LogP contribution in [0.2, 0.25) is 0 Å². The van der Waals surface area contributed by atoms with Gasteiger partial charge in [-0.25, -0.2) is 12.8 Å². The third-order valence-electron chi connectivity index (χ3n) is 3.66. The summed E-state index contributed by atoms with van der Waals surface area (Å²) in [7, 11) is -3.14. The highest BCUT2D eigenvalue weighted by atomic mass is 32.2. The van der Waals surface area contributed by atoms with E-state index in [2.05, 4.69) is 4.98 Å². The molecule has 0 spiro atoms. The van der Waals surface area contributed by atoms with Gasteiger partial charge in [-0.2, -0.15) is 4.31 Å². The lowest BCUT2D eigenvalue weighted by Gasteiger charge is -2.35. The van der Waals surface area contributed by atoms with Gasteiger partial charge in [-0.05, 0) is 18.2 Å². The largest absolute Gasteiger partial charge is 0.368 e. The van der Waals surface area contributed by atoms with Crippen LogP contribution in [0.4, 0.5) is 10.1 Å². The second kappa shape index (κ2) is 4.75. The Kier molecular flexibility index (Phi) is 3.18. The zero-order valence-electron chi connectivity index (χ0n) is 11.1. The van der Waals surface area contributed by atoms with Crippen LogP contribution in [0.1, 0.15) is 0 Å². The van der Waals surface area contributed by atoms with Gasteiger partial charge in [-0.1, -0.05) is 0 Å². The number of hydrogen-bond donors (Lipinski definition) is 1. The van der Waals surface area contributed by atoms with Crippen molar-refractivity contribution < 1.29 is 12.8 Å². The minimum atomic E-state index is -3.14. The summed E-state index contributed by atoms with van der Waals surface area (Å²) in [5.74, 6) is -0.291. The number of fused-ring (bicyclic) bond motifs is 1. The molecule has 0 saturated carbocycles. The number of sulfonamides is 1. The number of aromatic amines is 1. The quantitative estimate of drug-likeness (QED) is 0.911. The number of aromatic nitrogens is 1. The molecule has 1 aliphatic rings. The van der Waals surface area contributed by atoms with Gasteiger partial charge in [-0.15, -0.1) is 0 Å². The summed E-state index contributed by atoms with van der Waals surface area (Å²) in [6, 6.07) is 4.88. The predicted molar refractivity (Wildman–Crippen MR) is 76.9 cm³/mol. The highest BCUT2D eigenvalue weighted by Gasteiger charge is 2.24. The molecule has 1 saturated heterocycles. The molecule has 3 rings (SSSR count). The van der Waals surface area contributed by atoms with Crippen LogP contribution in [0, 0.1) is 5.82 Å². The zero-order valence-corrected chi connectivity index (χ0v) is 12.0. The molecule has 0 unspecified atom stereocenters. The SMILES string of the molecule is CS(=O)(=O)N1CCN(c2cc(F)cc3[nH]ccc23)CC1. The first kappa shape index (κ1) is 13.4. The van der Waals surface area contributed by atoms with Gasteiger partial charge in [0.1, 0.15) is 5.82 Å². The summed E-state index contributed by atoms with van der Waals surface area (Å²) < 4.78 is 38.1. The normalized spacial score (nSPS) is 17.8. The van der Waals surface area contributed by atoms with E-state index in [1.807, 2.05) is 11.0 Å². The van der Waals surface area contributed by atoms with Crippen LogP contribution in [0.15, 0.2) is 24.4 Å². The number of nitrogens with zero attached hydrogens (tertiary/aromatic N) is 2. The van der Waals surface area contributed by atoms with E-state index in [9.17, 15) is 12.8 Å². The lowest BCUT2D eigenvalue weighted by Crippen LogP contribution is -2.48. The maximum atomic E-state index is 13.6. The van der Waals surface area contributed by atoms with Crippen molar-refractivity contribution in [3.63, 3.8) is 0 Å². The molecule has 0 bridgehead atoms. The molecule has 1 fully saturated rings. The Hall–Kier alpha value is -1.60. The van der Waals surface area contributed by atoms with Crippen molar-refractivity contribution in [1.82, 2.24) is 9.29 Å². The summed E-state index contributed by atoms with van der Waals surface area (Å²) in [6.07, 6.45) is 3.00. The summed E-state index contributed by atoms with van der Waals surface area (Å²) in [5, 5.41) is 0.958. The first-order valence-electron chi connectivity index (χ1n) is 6.42. The van der Waals surface area contributed by atoms with Gasteiger partial charge in [0, 0.05) is 43.4 Å². The van der Waals surface area contributed by atoms with E-state index in [0.717, 1.165) is 16.6 Å². The number of H-pyrrole nitrogens is 1. The van der Waals surface area contributed by atoms with Gasteiger partial charge < -0.3 is 9.88 Å². The number of anilines is 1. The maximum Gasteiger partial charge on any atom is 0.211 e. The first-order chi connectivity index (χ1) is 9.45. The Morgan fingerprint density at radius 1 is 1.20 bits per heavy atom. The number of hydrogen-bond acceptors (Lipinski definition) is 3. The Balaban J connectivity index is 1.89. The summed E-state index contributed by atoms with van der Waals surface area (Å²) >= 11 is 0. The van der Waals surface area contributed by atoms with Gasteiger partial charge >= 0.3 is 0 Å². The lowest BCUT2D eigenvalue weighted by molar-refractivity contribution is 0.388. The van der Waals surface area contributed by atoms with Crippen molar-refractivity contribution in [3.05, 3.63) is 30.2 Å². The molecule has 5 nitrogen and oxygen atoms in total. The molecule has 20 heavy (non-hydrogen) atoms. The third-order valence-corrected chi connectivity index (χ3v) is 4.96. The minimum Gasteiger partial charge on any atom is -0.368 e. The van der Waals surface area contributed by atoms with Gasteiger partial charge in [0.05, 0.1) is 11.8 Å². The van der Waals surface area contributed by atoms with Crippen molar-refractivity contribution in [2.75, 3.05) is 37.3 Å². The molecule has 0 atom stereocenters. The first-order valence-corrected chi connectivity index (χ1v) is 8.27. The van der Waals surface area contributed by atoms with Crippen LogP contribution in [0.3, 0.4) is 0 Å². The van der Waals surface area contributed by atoms with Gasteiger partial charge in [-0.3, -0.25) is 0 Å². The van der Waals surface area contributed by atoms with Crippen LogP contribution in [-0.2, 0) is 10.0 Å². The molecule has 108 valence electrons. The smallest absolute Gasteiger partial charge is 0.211 e. The lowest BCUT2D eigenvalue weighted by atomic mass is 10.1. The topological polar surface area (TPSA) is 56.4 Å². The molecule has 1 aromatic heterocycles. The molecule has 0 radical (unpaired) electrons. The highest BCUT2D eigenvalue weighted by molar-refractivity contribution is 7.88. The number of piperazine rings is 1. The van der Waals surface area contributed by atoms with E-state index in [4.69, 9.17) is 0 Å². The molecule has 0 amide bonds. The number of nitrogens with one attached hydrogen (secondary N) is 1. The monoisotopic (exact) mass is 297 g/mol.